The zero-order valence-corrected chi connectivity index (χ0v) is 18.8. The van der Waals surface area contributed by atoms with Crippen LogP contribution in [0.25, 0.3) is 0 Å². The lowest BCUT2D eigenvalue weighted by atomic mass is 10.0. The molecule has 0 spiro atoms. The number of hydrogen-bond donors (Lipinski definition) is 1. The first-order valence-electron chi connectivity index (χ1n) is 9.82. The van der Waals surface area contributed by atoms with Gasteiger partial charge in [-0.05, 0) is 24.1 Å². The molecule has 1 unspecified atom stereocenters. The highest BCUT2D eigenvalue weighted by Crippen LogP contribution is 2.19. The number of carbonyl (C=O) groups is 3. The van der Waals surface area contributed by atoms with Crippen LogP contribution in [-0.2, 0) is 20.9 Å². The van der Waals surface area contributed by atoms with Gasteiger partial charge in [0.15, 0.2) is 6.61 Å². The summed E-state index contributed by atoms with van der Waals surface area (Å²) in [6.07, 6.45) is 0. The van der Waals surface area contributed by atoms with E-state index in [1.807, 2.05) is 24.3 Å². The number of esters is 1. The summed E-state index contributed by atoms with van der Waals surface area (Å²) in [5.41, 5.74) is 1.09. The number of ether oxygens (including phenoxy) is 2. The molecule has 31 heavy (non-hydrogen) atoms. The number of nitrogens with zero attached hydrogens (tertiary/aromatic N) is 1. The van der Waals surface area contributed by atoms with Crippen molar-refractivity contribution in [2.45, 2.75) is 26.4 Å². The minimum atomic E-state index is -0.920. The molecule has 7 nitrogen and oxygen atoms in total. The molecular formula is C23H27ClN2O5. The molecule has 0 fully saturated rings. The molecule has 1 atom stereocenters. The van der Waals surface area contributed by atoms with Gasteiger partial charge in [0.25, 0.3) is 11.8 Å². The van der Waals surface area contributed by atoms with Crippen molar-refractivity contribution in [2.24, 2.45) is 5.92 Å². The van der Waals surface area contributed by atoms with E-state index in [9.17, 15) is 14.4 Å². The van der Waals surface area contributed by atoms with E-state index in [0.717, 1.165) is 5.56 Å². The Morgan fingerprint density at radius 1 is 1.06 bits per heavy atom. The Labute approximate surface area is 187 Å². The molecular weight excluding hydrogens is 420 g/mol. The van der Waals surface area contributed by atoms with Crippen LogP contribution in [0.5, 0.6) is 5.75 Å². The van der Waals surface area contributed by atoms with Crippen LogP contribution < -0.4 is 10.1 Å². The van der Waals surface area contributed by atoms with Crippen LogP contribution in [0.15, 0.2) is 48.5 Å². The molecule has 8 heteroatoms. The molecule has 0 aromatic heterocycles. The molecule has 0 aliphatic carbocycles. The second kappa shape index (κ2) is 11.4. The lowest BCUT2D eigenvalue weighted by Crippen LogP contribution is -2.46. The van der Waals surface area contributed by atoms with Crippen LogP contribution in [0.3, 0.4) is 0 Å². The van der Waals surface area contributed by atoms with Gasteiger partial charge in [0, 0.05) is 19.2 Å². The SMILES string of the molecule is COc1ccccc1CN(C)C(=O)COC(=O)C(NC(=O)c1ccccc1Cl)C(C)C. The van der Waals surface area contributed by atoms with E-state index in [0.29, 0.717) is 12.3 Å². The summed E-state index contributed by atoms with van der Waals surface area (Å²) in [5, 5.41) is 2.92. The van der Waals surface area contributed by atoms with Gasteiger partial charge in [0.2, 0.25) is 0 Å². The van der Waals surface area contributed by atoms with Crippen molar-refractivity contribution in [3.8, 4) is 5.75 Å². The molecule has 0 aliphatic heterocycles. The Hall–Kier alpha value is -3.06. The highest BCUT2D eigenvalue weighted by molar-refractivity contribution is 6.33. The quantitative estimate of drug-likeness (QED) is 0.597. The fourth-order valence-electron chi connectivity index (χ4n) is 2.87. The third kappa shape index (κ3) is 6.72. The van der Waals surface area contributed by atoms with E-state index >= 15 is 0 Å². The molecule has 0 saturated heterocycles. The molecule has 166 valence electrons. The van der Waals surface area contributed by atoms with Gasteiger partial charge in [-0.25, -0.2) is 4.79 Å². The smallest absolute Gasteiger partial charge is 0.329 e. The molecule has 1 N–H and O–H groups in total. The largest absolute Gasteiger partial charge is 0.496 e. The zero-order valence-electron chi connectivity index (χ0n) is 18.1. The van der Waals surface area contributed by atoms with E-state index in [1.54, 1.807) is 52.3 Å². The van der Waals surface area contributed by atoms with E-state index in [4.69, 9.17) is 21.1 Å². The van der Waals surface area contributed by atoms with Crippen LogP contribution in [-0.4, -0.2) is 49.5 Å². The average Bonchev–Trinajstić information content (AvgIpc) is 2.75. The van der Waals surface area contributed by atoms with Gasteiger partial charge >= 0.3 is 5.97 Å². The summed E-state index contributed by atoms with van der Waals surface area (Å²) in [5.74, 6) is -1.13. The maximum atomic E-state index is 12.6. The van der Waals surface area contributed by atoms with Gasteiger partial charge < -0.3 is 19.7 Å². The predicted octanol–water partition coefficient (Wildman–Crippen LogP) is 3.30. The number of carbonyl (C=O) groups excluding carboxylic acids is 3. The fourth-order valence-corrected chi connectivity index (χ4v) is 3.09. The van der Waals surface area contributed by atoms with E-state index in [-0.39, 0.29) is 22.4 Å². The van der Waals surface area contributed by atoms with Gasteiger partial charge in [-0.3, -0.25) is 9.59 Å². The second-order valence-corrected chi connectivity index (χ2v) is 7.75. The predicted molar refractivity (Wildman–Crippen MR) is 118 cm³/mol. The zero-order chi connectivity index (χ0) is 23.0. The Morgan fingerprint density at radius 2 is 1.71 bits per heavy atom. The average molecular weight is 447 g/mol. The standard InChI is InChI=1S/C23H27ClN2O5/c1-15(2)21(25-22(28)17-10-6-7-11-18(17)24)23(29)31-14-20(27)26(3)13-16-9-5-8-12-19(16)30-4/h5-12,15,21H,13-14H2,1-4H3,(H,25,28). The fraction of sp³-hybridized carbons (Fsp3) is 0.348. The number of benzene rings is 2. The number of nitrogens with one attached hydrogen (secondary N) is 1. The third-order valence-corrected chi connectivity index (χ3v) is 5.02. The van der Waals surface area contributed by atoms with Crippen LogP contribution in [0, 0.1) is 5.92 Å². The molecule has 0 heterocycles. The number of likely N-dealkylation sites (N-methyl/N-ethyl adjacent to an activating group) is 1. The van der Waals surface area contributed by atoms with Crippen molar-refractivity contribution in [3.05, 3.63) is 64.7 Å². The minimum Gasteiger partial charge on any atom is -0.496 e. The maximum Gasteiger partial charge on any atom is 0.329 e. The number of methoxy groups -OCH3 is 1. The van der Waals surface area contributed by atoms with Crippen LogP contribution in [0.2, 0.25) is 5.02 Å². The van der Waals surface area contributed by atoms with Crippen molar-refractivity contribution in [3.63, 3.8) is 0 Å². The van der Waals surface area contributed by atoms with Crippen molar-refractivity contribution in [1.29, 1.82) is 0 Å². The molecule has 0 aliphatic rings. The van der Waals surface area contributed by atoms with Crippen LogP contribution >= 0.6 is 11.6 Å². The lowest BCUT2D eigenvalue weighted by molar-refractivity contribution is -0.154. The topological polar surface area (TPSA) is 84.9 Å². The van der Waals surface area contributed by atoms with Crippen LogP contribution in [0.4, 0.5) is 0 Å². The maximum absolute atomic E-state index is 12.6. The summed E-state index contributed by atoms with van der Waals surface area (Å²) in [7, 11) is 3.17. The summed E-state index contributed by atoms with van der Waals surface area (Å²) < 4.78 is 10.5. The van der Waals surface area contributed by atoms with Crippen molar-refractivity contribution < 1.29 is 23.9 Å². The molecule has 2 aromatic carbocycles. The Balaban J connectivity index is 1.95. The third-order valence-electron chi connectivity index (χ3n) is 4.69. The number of halogens is 1. The summed E-state index contributed by atoms with van der Waals surface area (Å²) >= 11 is 6.05. The normalized spacial score (nSPS) is 11.5. The summed E-state index contributed by atoms with van der Waals surface area (Å²) in [6.45, 7) is 3.41. The lowest BCUT2D eigenvalue weighted by Gasteiger charge is -2.22. The highest BCUT2D eigenvalue weighted by Gasteiger charge is 2.27. The highest BCUT2D eigenvalue weighted by atomic mass is 35.5. The molecule has 2 rings (SSSR count). The molecule has 0 bridgehead atoms. The second-order valence-electron chi connectivity index (χ2n) is 7.34. The van der Waals surface area contributed by atoms with Crippen molar-refractivity contribution >= 4 is 29.4 Å². The van der Waals surface area contributed by atoms with Crippen LogP contribution in [0.1, 0.15) is 29.8 Å². The van der Waals surface area contributed by atoms with Gasteiger partial charge in [-0.1, -0.05) is 55.8 Å². The van der Waals surface area contributed by atoms with E-state index < -0.39 is 24.5 Å². The first-order chi connectivity index (χ1) is 14.7. The van der Waals surface area contributed by atoms with Gasteiger partial charge in [0.05, 0.1) is 17.7 Å². The molecule has 0 radical (unpaired) electrons. The van der Waals surface area contributed by atoms with Gasteiger partial charge in [-0.2, -0.15) is 0 Å². The van der Waals surface area contributed by atoms with Crippen molar-refractivity contribution in [1.82, 2.24) is 10.2 Å². The van der Waals surface area contributed by atoms with Crippen molar-refractivity contribution in [2.75, 3.05) is 20.8 Å². The van der Waals surface area contributed by atoms with E-state index in [1.165, 1.54) is 4.90 Å². The van der Waals surface area contributed by atoms with Gasteiger partial charge in [0.1, 0.15) is 11.8 Å². The molecule has 2 amide bonds. The molecule has 0 saturated carbocycles. The number of para-hydroxylation sites is 1. The Bertz CT molecular complexity index is 932. The van der Waals surface area contributed by atoms with E-state index in [2.05, 4.69) is 5.32 Å². The molecule has 2 aromatic rings. The first-order valence-corrected chi connectivity index (χ1v) is 10.2. The summed E-state index contributed by atoms with van der Waals surface area (Å²) in [4.78, 5) is 38.9. The Kier molecular flexibility index (Phi) is 8.88. The number of rotatable bonds is 9. The number of hydrogen-bond acceptors (Lipinski definition) is 5. The van der Waals surface area contributed by atoms with Gasteiger partial charge in [-0.15, -0.1) is 0 Å². The Morgan fingerprint density at radius 3 is 2.35 bits per heavy atom. The number of amides is 2. The monoisotopic (exact) mass is 446 g/mol. The minimum absolute atomic E-state index is 0.250. The summed E-state index contributed by atoms with van der Waals surface area (Å²) in [6, 6.07) is 13.0. The first kappa shape index (κ1) is 24.2.